The molecule has 27 nitrogen and oxygen atoms in total. The summed E-state index contributed by atoms with van der Waals surface area (Å²) in [6.07, 6.45) is 2.36. The Hall–Kier alpha value is -11.2. The summed E-state index contributed by atoms with van der Waals surface area (Å²) in [6.45, 7) is 4.96. The molecule has 6 aliphatic heterocycles. The minimum absolute atomic E-state index is 0.00186. The van der Waals surface area contributed by atoms with Gasteiger partial charge in [0.1, 0.15) is 94.2 Å². The van der Waals surface area contributed by atoms with Crippen molar-refractivity contribution in [2.24, 2.45) is 23.2 Å². The molecule has 8 amide bonds. The minimum atomic E-state index is -2.19. The van der Waals surface area contributed by atoms with Crippen LogP contribution in [0.1, 0.15) is 135 Å². The normalized spacial score (nSPS) is 25.6. The minimum Gasteiger partial charge on any atom is -0.508 e. The van der Waals surface area contributed by atoms with E-state index in [0.29, 0.717) is 17.8 Å². The summed E-state index contributed by atoms with van der Waals surface area (Å²) >= 11 is 14.0. The van der Waals surface area contributed by atoms with Gasteiger partial charge in [0, 0.05) is 36.2 Å². The fourth-order valence-electron chi connectivity index (χ4n) is 15.7. The van der Waals surface area contributed by atoms with Gasteiger partial charge in [0.05, 0.1) is 10.0 Å². The average Bonchev–Trinajstić information content (AvgIpc) is 0.782. The number of aliphatic hydroxyl groups is 1. The summed E-state index contributed by atoms with van der Waals surface area (Å²) in [6, 6.07) is 8.90. The zero-order chi connectivity index (χ0) is 72.8. The maximum Gasteiger partial charge on any atom is 0.408 e. The van der Waals surface area contributed by atoms with Crippen molar-refractivity contribution in [1.29, 1.82) is 0 Å². The number of hydrogen-bond acceptors (Lipinski definition) is 19. The van der Waals surface area contributed by atoms with Gasteiger partial charge in [-0.2, -0.15) is 0 Å². The number of aromatic hydroxyl groups is 6. The number of halogens is 2. The van der Waals surface area contributed by atoms with Gasteiger partial charge >= 0.3 is 6.09 Å². The van der Waals surface area contributed by atoms with E-state index in [-0.39, 0.29) is 95.1 Å². The predicted octanol–water partition coefficient (Wildman–Crippen LogP) is 8.80. The first-order chi connectivity index (χ1) is 49.0. The molecule has 7 aromatic carbocycles. The van der Waals surface area contributed by atoms with E-state index in [9.17, 15) is 45.3 Å². The largest absolute Gasteiger partial charge is 0.508 e. The lowest BCUT2D eigenvalue weighted by molar-refractivity contribution is -0.137. The molecule has 103 heavy (non-hydrogen) atoms. The average molecular weight is 1450 g/mol. The van der Waals surface area contributed by atoms with Gasteiger partial charge in [0.25, 0.3) is 0 Å². The van der Waals surface area contributed by atoms with Crippen LogP contribution in [0.3, 0.4) is 0 Å². The number of nitrogens with one attached hydrogen (secondary N) is 8. The molecule has 4 fully saturated rings. The molecular weight excluding hydrogens is 1380 g/mol. The summed E-state index contributed by atoms with van der Waals surface area (Å²) in [5, 5.41) is 104. The van der Waals surface area contributed by atoms with Crippen molar-refractivity contribution in [1.82, 2.24) is 42.5 Å². The van der Waals surface area contributed by atoms with Crippen LogP contribution in [0.5, 0.6) is 69.0 Å². The van der Waals surface area contributed by atoms with Crippen molar-refractivity contribution >= 4 is 70.6 Å². The third-order valence-electron chi connectivity index (χ3n) is 19.9. The fraction of sp³-hybridized carbons (Fsp3) is 0.324. The number of rotatable bonds is 4. The lowest BCUT2D eigenvalue weighted by Crippen LogP contribution is -2.56. The van der Waals surface area contributed by atoms with E-state index in [4.69, 9.17) is 42.1 Å². The molecule has 4 saturated carbocycles. The lowest BCUT2D eigenvalue weighted by Gasteiger charge is -2.57. The Morgan fingerprint density at radius 2 is 1.12 bits per heavy atom. The van der Waals surface area contributed by atoms with Gasteiger partial charge < -0.3 is 97.2 Å². The van der Waals surface area contributed by atoms with Crippen LogP contribution in [-0.4, -0.2) is 107 Å². The number of fused-ring (bicyclic) bond motifs is 14. The van der Waals surface area contributed by atoms with Crippen LogP contribution in [-0.2, 0) is 44.7 Å². The second-order valence-corrected chi connectivity index (χ2v) is 29.3. The van der Waals surface area contributed by atoms with Crippen LogP contribution < -0.4 is 56.7 Å². The SMILES string of the molecule is CC(C)(C)OC(=O)N[C@H]1C(=O)N[C@@H]2Cc3ccc(c(Cl)c3)Oc3cc4cc(c3O)Oc3ccc(cc3Cl)[C@@H](O)[C@@H]3NC(=O)[C@H](NC(=O)[C@@H]4NC(=O)[C@@H](NC2=O)c2cc(O)cc(c2)Oc2cc1ccc2O)c1ccc(O)c(c1)-c1c(O)cc(O)cc1[C@@H](C(=O)NCC12CC4CC(CC(C4)C1)C2)NC3=O. The summed E-state index contributed by atoms with van der Waals surface area (Å²) in [7, 11) is 0. The molecule has 29 heteroatoms. The highest BCUT2D eigenvalue weighted by molar-refractivity contribution is 6.32. The zero-order valence-electron chi connectivity index (χ0n) is 55.3. The van der Waals surface area contributed by atoms with E-state index in [1.165, 1.54) is 66.7 Å². The maximum atomic E-state index is 16.1. The molecule has 7 aromatic rings. The van der Waals surface area contributed by atoms with Crippen molar-refractivity contribution in [3.63, 3.8) is 0 Å². The molecule has 0 radical (unpaired) electrons. The second kappa shape index (κ2) is 26.7. The van der Waals surface area contributed by atoms with Crippen molar-refractivity contribution < 1.29 is 93.0 Å². The molecule has 4 aliphatic carbocycles. The van der Waals surface area contributed by atoms with Gasteiger partial charge in [-0.1, -0.05) is 47.5 Å². The highest BCUT2D eigenvalue weighted by atomic mass is 35.5. The Bertz CT molecular complexity index is 4700. The van der Waals surface area contributed by atoms with Crippen molar-refractivity contribution in [3.05, 3.63) is 164 Å². The van der Waals surface area contributed by atoms with Crippen molar-refractivity contribution in [2.45, 2.75) is 120 Å². The number of aliphatic hydroxyl groups excluding tert-OH is 1. The molecule has 21 bridgehead atoms. The molecule has 8 atom stereocenters. The Morgan fingerprint density at radius 3 is 1.77 bits per heavy atom. The molecule has 534 valence electrons. The Morgan fingerprint density at radius 1 is 0.544 bits per heavy atom. The van der Waals surface area contributed by atoms with Crippen LogP contribution in [0.4, 0.5) is 4.79 Å². The predicted molar refractivity (Wildman–Crippen MR) is 366 cm³/mol. The number of carbonyl (C=O) groups is 8. The molecule has 0 saturated heterocycles. The van der Waals surface area contributed by atoms with Crippen LogP contribution in [0.2, 0.25) is 10.0 Å². The molecule has 6 heterocycles. The van der Waals surface area contributed by atoms with Gasteiger partial charge in [-0.15, -0.1) is 0 Å². The quantitative estimate of drug-likeness (QED) is 0.0782. The van der Waals surface area contributed by atoms with Crippen LogP contribution in [0.15, 0.2) is 115 Å². The van der Waals surface area contributed by atoms with Gasteiger partial charge in [0.15, 0.2) is 23.0 Å². The summed E-state index contributed by atoms with van der Waals surface area (Å²) in [5.74, 6) is -12.3. The van der Waals surface area contributed by atoms with Gasteiger partial charge in [-0.05, 0) is 200 Å². The second-order valence-electron chi connectivity index (χ2n) is 28.5. The highest BCUT2D eigenvalue weighted by Crippen LogP contribution is 2.60. The number of phenols is 6. The monoisotopic (exact) mass is 1440 g/mol. The van der Waals surface area contributed by atoms with Gasteiger partial charge in [0.2, 0.25) is 47.1 Å². The van der Waals surface area contributed by atoms with Crippen LogP contribution in [0.25, 0.3) is 11.1 Å². The smallest absolute Gasteiger partial charge is 0.408 e. The van der Waals surface area contributed by atoms with E-state index < -0.39 is 154 Å². The molecule has 0 unspecified atom stereocenters. The topological polar surface area (TPSA) is 411 Å². The first kappa shape index (κ1) is 68.9. The Balaban J connectivity index is 0.923. The first-order valence-electron chi connectivity index (χ1n) is 33.3. The third kappa shape index (κ3) is 13.9. The van der Waals surface area contributed by atoms with Gasteiger partial charge in [-0.3, -0.25) is 33.6 Å². The third-order valence-corrected chi connectivity index (χ3v) is 20.5. The Kier molecular flexibility index (Phi) is 17.8. The molecule has 15 N–H and O–H groups in total. The number of alkyl carbamates (subject to hydrolysis) is 1. The highest BCUT2D eigenvalue weighted by Gasteiger charge is 2.51. The maximum absolute atomic E-state index is 16.1. The van der Waals surface area contributed by atoms with Crippen LogP contribution in [0, 0.1) is 23.2 Å². The number of ether oxygens (including phenoxy) is 4. The van der Waals surface area contributed by atoms with E-state index in [1.807, 2.05) is 0 Å². The summed E-state index contributed by atoms with van der Waals surface area (Å²) < 4.78 is 24.3. The van der Waals surface area contributed by atoms with E-state index in [1.54, 1.807) is 20.8 Å². The zero-order valence-corrected chi connectivity index (χ0v) is 56.8. The number of hydrogen-bond donors (Lipinski definition) is 15. The molecule has 0 aromatic heterocycles. The van der Waals surface area contributed by atoms with Gasteiger partial charge in [-0.25, -0.2) is 4.79 Å². The summed E-state index contributed by atoms with van der Waals surface area (Å²) in [5.41, 5.74) is -2.88. The van der Waals surface area contributed by atoms with Crippen molar-refractivity contribution in [3.8, 4) is 80.1 Å². The van der Waals surface area contributed by atoms with Crippen LogP contribution >= 0.6 is 23.2 Å². The molecule has 0 spiro atoms. The standard InChI is InChI=1S/C74H70Cl2N8O19/c1-73(2,3)103-72(99)84-58-36-6-9-49(88)53(21-36)100-42-18-38(17-40(85)24-42)59-69(96)81-60-39-22-54(101-51-10-4-31(15-45(51)75)16-47(65(92)79-59)78-67(58)94)64(91)55(23-39)102-52-11-7-37(20-46(52)76)63(90)62-71(98)82-61(66(93)77-30-74-27-32-12-33(28-74)14-34(13-32)29-74)44-25-41(86)26-50(89)56(44)43-19-35(5-8-48(43)87)57(68(95)83-62)80-70(60)97/h4-11,15,17-26,32-34,47,57-63,85-91H,12-14,16,27-30H2,1-3H3,(H,77,93)(H,78,94)(H,79,92)(H,80,97)(H,81,96)(H,82,98)(H,83,95)(H,84,99)/t32?,33?,34?,47-,57-,58-,59+,60-,61+,62+,63-,74?/m1/s1. The fourth-order valence-corrected chi connectivity index (χ4v) is 16.1. The molecule has 17 rings (SSSR count). The molecular formula is C74H70Cl2N8O19. The Labute approximate surface area is 597 Å². The van der Waals surface area contributed by atoms with E-state index in [2.05, 4.69) is 42.5 Å². The number of carbonyl (C=O) groups excluding carboxylic acids is 8. The van der Waals surface area contributed by atoms with E-state index in [0.717, 1.165) is 87.1 Å². The molecule has 10 aliphatic rings. The number of benzene rings is 7. The first-order valence-corrected chi connectivity index (χ1v) is 34.1. The summed E-state index contributed by atoms with van der Waals surface area (Å²) in [4.78, 5) is 122. The van der Waals surface area contributed by atoms with Crippen molar-refractivity contribution in [2.75, 3.05) is 6.54 Å². The van der Waals surface area contributed by atoms with E-state index >= 15 is 28.8 Å². The number of phenolic OH excluding ortho intramolecular Hbond substituents is 6. The number of amides is 8. The lowest BCUT2D eigenvalue weighted by atomic mass is 9.49.